The minimum absolute atomic E-state index is 0.296. The Morgan fingerprint density at radius 2 is 2.00 bits per heavy atom. The Hall–Kier alpha value is -0.0366. The zero-order valence-electron chi connectivity index (χ0n) is 4.33. The molecule has 0 N–H and O–H groups in total. The molecule has 0 aromatic carbocycles. The molecule has 1 saturated heterocycles. The summed E-state index contributed by atoms with van der Waals surface area (Å²) in [5.41, 5.74) is 0. The van der Waals surface area contributed by atoms with Gasteiger partial charge in [0, 0.05) is 0 Å². The van der Waals surface area contributed by atoms with Crippen molar-refractivity contribution in [2.45, 2.75) is 13.1 Å². The Morgan fingerprint density at radius 1 is 1.43 bits per heavy atom. The molecule has 0 unspecified atom stereocenters. The van der Waals surface area contributed by atoms with Crippen molar-refractivity contribution in [3.05, 3.63) is 12.4 Å². The van der Waals surface area contributed by atoms with Crippen LogP contribution in [0, 0.1) is 0 Å². The zero-order valence-corrected chi connectivity index (χ0v) is 7.30. The van der Waals surface area contributed by atoms with Gasteiger partial charge < -0.3 is 0 Å². The van der Waals surface area contributed by atoms with Crippen LogP contribution in [0.3, 0.4) is 0 Å². The molecule has 7 heavy (non-hydrogen) atoms. The quantitative estimate of drug-likeness (QED) is 0.456. The summed E-state index contributed by atoms with van der Waals surface area (Å²) in [6.07, 6.45) is 5.18. The Bertz CT molecular complexity index is 111. The van der Waals surface area contributed by atoms with Crippen molar-refractivity contribution in [2.24, 2.45) is 0 Å². The molecule has 0 radical (unpaired) electrons. The molecule has 34 valence electrons. The monoisotopic (exact) mass is 146 g/mol. The Labute approximate surface area is 50.9 Å². The van der Waals surface area contributed by atoms with E-state index in [1.165, 1.54) is 0 Å². The van der Waals surface area contributed by atoms with E-state index in [-0.39, 0.29) is 17.6 Å². The van der Waals surface area contributed by atoms with Gasteiger partial charge in [0.2, 0.25) is 0 Å². The SMILES string of the molecule is CC1[N]2C=C[N]1[Zn]2. The Balaban J connectivity index is 2.24. The fourth-order valence-corrected chi connectivity index (χ4v) is 3.84. The Kier molecular flexibility index (Phi) is 0.573. The summed E-state index contributed by atoms with van der Waals surface area (Å²) < 4.78 is 4.96. The van der Waals surface area contributed by atoms with Crippen molar-refractivity contribution in [3.63, 3.8) is 0 Å². The van der Waals surface area contributed by atoms with Gasteiger partial charge >= 0.3 is 50.4 Å². The second-order valence-corrected chi connectivity index (χ2v) is 5.76. The maximum absolute atomic E-state index is 2.48. The van der Waals surface area contributed by atoms with E-state index in [1.54, 1.807) is 0 Å². The van der Waals surface area contributed by atoms with E-state index in [4.69, 9.17) is 0 Å². The third-order valence-corrected chi connectivity index (χ3v) is 6.21. The molecule has 3 heteroatoms. The first-order valence-corrected chi connectivity index (χ1v) is 5.23. The van der Waals surface area contributed by atoms with Gasteiger partial charge in [-0.05, 0) is 0 Å². The molecule has 0 spiro atoms. The van der Waals surface area contributed by atoms with E-state index in [1.807, 2.05) is 0 Å². The molecule has 0 aromatic heterocycles. The molecular weight excluding hydrogens is 141 g/mol. The number of rotatable bonds is 0. The zero-order chi connectivity index (χ0) is 4.85. The Morgan fingerprint density at radius 3 is 2.14 bits per heavy atom. The number of hydrogen-bond donors (Lipinski definition) is 0. The predicted octanol–water partition coefficient (Wildman–Crippen LogP) is 0.347. The number of hydrogen-bond acceptors (Lipinski definition) is 2. The van der Waals surface area contributed by atoms with Crippen molar-refractivity contribution in [1.29, 1.82) is 0 Å². The van der Waals surface area contributed by atoms with Crippen LogP contribution >= 0.6 is 0 Å². The van der Waals surface area contributed by atoms with Crippen molar-refractivity contribution in [3.8, 4) is 0 Å². The molecule has 0 aliphatic carbocycles. The molecule has 3 aliphatic heterocycles. The second-order valence-electron chi connectivity index (χ2n) is 2.10. The third-order valence-electron chi connectivity index (χ3n) is 1.74. The van der Waals surface area contributed by atoms with Crippen LogP contribution < -0.4 is 0 Å². The molecule has 0 saturated carbocycles. The summed E-state index contributed by atoms with van der Waals surface area (Å²) in [5, 5.41) is 0. The van der Waals surface area contributed by atoms with Crippen LogP contribution in [0.25, 0.3) is 0 Å². The third kappa shape index (κ3) is 0.326. The van der Waals surface area contributed by atoms with Gasteiger partial charge in [0.15, 0.2) is 0 Å². The van der Waals surface area contributed by atoms with Gasteiger partial charge in [-0.3, -0.25) is 0 Å². The van der Waals surface area contributed by atoms with Crippen LogP contribution in [0.2, 0.25) is 0 Å². The van der Waals surface area contributed by atoms with Crippen molar-refractivity contribution < 1.29 is 17.6 Å². The summed E-state index contributed by atoms with van der Waals surface area (Å²) in [4.78, 5) is 0. The summed E-state index contributed by atoms with van der Waals surface area (Å²) >= 11 is -0.296. The standard InChI is InChI=1S/C4H6N2.Zn/c1-4-5-2-3-6-4;/h2-4H,1H3;/q-2;+2. The molecule has 1 fully saturated rings. The van der Waals surface area contributed by atoms with Crippen LogP contribution in [0.4, 0.5) is 0 Å². The minimum atomic E-state index is -0.296. The van der Waals surface area contributed by atoms with Gasteiger partial charge in [-0.1, -0.05) is 0 Å². The molecule has 2 bridgehead atoms. The maximum atomic E-state index is 2.48. The molecule has 2 nitrogen and oxygen atoms in total. The molecule has 0 amide bonds. The first-order chi connectivity index (χ1) is 3.38. The molecule has 3 rings (SSSR count). The first-order valence-electron chi connectivity index (χ1n) is 2.58. The fraction of sp³-hybridized carbons (Fsp3) is 0.500. The van der Waals surface area contributed by atoms with E-state index in [0.717, 1.165) is 6.17 Å². The van der Waals surface area contributed by atoms with Gasteiger partial charge in [0.1, 0.15) is 0 Å². The van der Waals surface area contributed by atoms with Gasteiger partial charge in [0.25, 0.3) is 0 Å². The van der Waals surface area contributed by atoms with E-state index >= 15 is 0 Å². The van der Waals surface area contributed by atoms with Crippen molar-refractivity contribution >= 4 is 0 Å². The topological polar surface area (TPSA) is 6.48 Å². The molecular formula is C4H6N2Zn. The van der Waals surface area contributed by atoms with E-state index in [0.29, 0.717) is 0 Å². The summed E-state index contributed by atoms with van der Waals surface area (Å²) in [6.45, 7) is 2.24. The normalized spacial score (nSPS) is 24.1. The van der Waals surface area contributed by atoms with Gasteiger partial charge in [-0.15, -0.1) is 0 Å². The van der Waals surface area contributed by atoms with E-state index in [2.05, 4.69) is 26.6 Å². The average molecular weight is 147 g/mol. The average Bonchev–Trinajstić information content (AvgIpc) is 2.18. The first kappa shape index (κ1) is 3.90. The van der Waals surface area contributed by atoms with Gasteiger partial charge in [0.05, 0.1) is 0 Å². The van der Waals surface area contributed by atoms with Gasteiger partial charge in [-0.25, -0.2) is 0 Å². The summed E-state index contributed by atoms with van der Waals surface area (Å²) in [5.74, 6) is 0. The summed E-state index contributed by atoms with van der Waals surface area (Å²) in [6, 6.07) is 0. The van der Waals surface area contributed by atoms with Crippen LogP contribution in [0.1, 0.15) is 6.92 Å². The van der Waals surface area contributed by atoms with Crippen molar-refractivity contribution in [2.75, 3.05) is 0 Å². The molecule has 0 atom stereocenters. The van der Waals surface area contributed by atoms with Crippen molar-refractivity contribution in [1.82, 2.24) is 7.29 Å². The van der Waals surface area contributed by atoms with Crippen LogP contribution in [0.5, 0.6) is 0 Å². The fourth-order valence-electron chi connectivity index (χ4n) is 1.03. The molecule has 3 heterocycles. The van der Waals surface area contributed by atoms with Gasteiger partial charge in [-0.2, -0.15) is 0 Å². The number of nitrogens with zero attached hydrogens (tertiary/aromatic N) is 2. The predicted molar refractivity (Wildman–Crippen MR) is 22.3 cm³/mol. The second kappa shape index (κ2) is 1.03. The molecule has 0 aromatic rings. The summed E-state index contributed by atoms with van der Waals surface area (Å²) in [7, 11) is 0. The van der Waals surface area contributed by atoms with E-state index < -0.39 is 0 Å². The van der Waals surface area contributed by atoms with E-state index in [9.17, 15) is 0 Å². The van der Waals surface area contributed by atoms with Crippen LogP contribution in [-0.4, -0.2) is 13.5 Å². The molecule has 3 aliphatic rings. The van der Waals surface area contributed by atoms with Crippen LogP contribution in [0.15, 0.2) is 12.4 Å². The van der Waals surface area contributed by atoms with Crippen LogP contribution in [-0.2, 0) is 17.6 Å².